The van der Waals surface area contributed by atoms with Gasteiger partial charge in [-0.25, -0.2) is 0 Å². The molecule has 0 aliphatic carbocycles. The average Bonchev–Trinajstić information content (AvgIpc) is 2.98. The number of amides is 1. The molecule has 1 heterocycles. The number of unbranched alkanes of at least 4 members (excludes halogenated alkanes) is 2. The SMILES string of the molecule is CCCCCNC(=O)CCn1c(-c2ccc(OCC)cc2)n[nH]c1=S. The van der Waals surface area contributed by atoms with Gasteiger partial charge in [0.1, 0.15) is 5.75 Å². The number of nitrogens with zero attached hydrogens (tertiary/aromatic N) is 2. The van der Waals surface area contributed by atoms with E-state index in [4.69, 9.17) is 17.0 Å². The van der Waals surface area contributed by atoms with Gasteiger partial charge in [0.15, 0.2) is 10.6 Å². The van der Waals surface area contributed by atoms with Crippen molar-refractivity contribution in [3.63, 3.8) is 0 Å². The second-order valence-electron chi connectivity index (χ2n) is 5.77. The molecule has 6 nitrogen and oxygen atoms in total. The normalized spacial score (nSPS) is 10.6. The van der Waals surface area contributed by atoms with Crippen LogP contribution >= 0.6 is 12.2 Å². The molecule has 0 aliphatic heterocycles. The van der Waals surface area contributed by atoms with E-state index in [2.05, 4.69) is 22.4 Å². The van der Waals surface area contributed by atoms with Gasteiger partial charge in [0.25, 0.3) is 0 Å². The first-order valence-electron chi connectivity index (χ1n) is 8.80. The van der Waals surface area contributed by atoms with Crippen molar-refractivity contribution in [2.45, 2.75) is 46.1 Å². The van der Waals surface area contributed by atoms with Gasteiger partial charge >= 0.3 is 0 Å². The standard InChI is InChI=1S/C18H26N4O2S/c1-3-5-6-12-19-16(23)11-13-22-17(20-21-18(22)25)14-7-9-15(10-8-14)24-4-2/h7-10H,3-6,11-13H2,1-2H3,(H,19,23)(H,21,25). The monoisotopic (exact) mass is 362 g/mol. The second kappa shape index (κ2) is 9.98. The van der Waals surface area contributed by atoms with E-state index in [0.29, 0.717) is 24.3 Å². The Bertz CT molecular complexity index is 721. The van der Waals surface area contributed by atoms with E-state index in [-0.39, 0.29) is 5.91 Å². The number of H-pyrrole nitrogens is 1. The van der Waals surface area contributed by atoms with Crippen LogP contribution in [-0.2, 0) is 11.3 Å². The Balaban J connectivity index is 1.99. The number of hydrogen-bond acceptors (Lipinski definition) is 4. The van der Waals surface area contributed by atoms with Gasteiger partial charge in [0.2, 0.25) is 5.91 Å². The van der Waals surface area contributed by atoms with Crippen LogP contribution < -0.4 is 10.1 Å². The zero-order chi connectivity index (χ0) is 18.1. The molecule has 7 heteroatoms. The summed E-state index contributed by atoms with van der Waals surface area (Å²) in [6.07, 6.45) is 3.68. The molecule has 0 unspecified atom stereocenters. The topological polar surface area (TPSA) is 71.9 Å². The van der Waals surface area contributed by atoms with Crippen molar-refractivity contribution in [3.8, 4) is 17.1 Å². The number of ether oxygens (including phenoxy) is 1. The van der Waals surface area contributed by atoms with Crippen LogP contribution in [0.15, 0.2) is 24.3 Å². The van der Waals surface area contributed by atoms with E-state index in [0.717, 1.165) is 42.9 Å². The second-order valence-corrected chi connectivity index (χ2v) is 6.16. The summed E-state index contributed by atoms with van der Waals surface area (Å²) < 4.78 is 7.83. The fraction of sp³-hybridized carbons (Fsp3) is 0.500. The van der Waals surface area contributed by atoms with Gasteiger partial charge in [0.05, 0.1) is 6.61 Å². The molecule has 0 radical (unpaired) electrons. The summed E-state index contributed by atoms with van der Waals surface area (Å²) in [4.78, 5) is 12.0. The lowest BCUT2D eigenvalue weighted by Crippen LogP contribution is -2.25. The summed E-state index contributed by atoms with van der Waals surface area (Å²) in [6.45, 7) is 5.95. The Kier molecular flexibility index (Phi) is 7.66. The Labute approximate surface area is 153 Å². The smallest absolute Gasteiger partial charge is 0.221 e. The van der Waals surface area contributed by atoms with E-state index in [1.165, 1.54) is 0 Å². The van der Waals surface area contributed by atoms with Crippen molar-refractivity contribution >= 4 is 18.1 Å². The molecular formula is C18H26N4O2S. The Morgan fingerprint density at radius 3 is 2.72 bits per heavy atom. The molecule has 0 saturated heterocycles. The van der Waals surface area contributed by atoms with E-state index in [1.54, 1.807) is 0 Å². The predicted octanol–water partition coefficient (Wildman–Crippen LogP) is 3.70. The van der Waals surface area contributed by atoms with Crippen molar-refractivity contribution in [3.05, 3.63) is 29.0 Å². The third-order valence-corrected chi connectivity index (χ3v) is 4.16. The highest BCUT2D eigenvalue weighted by Gasteiger charge is 2.11. The van der Waals surface area contributed by atoms with Crippen LogP contribution in [0.2, 0.25) is 0 Å². The van der Waals surface area contributed by atoms with Gasteiger partial charge < -0.3 is 10.1 Å². The largest absolute Gasteiger partial charge is 0.494 e. The fourth-order valence-corrected chi connectivity index (χ4v) is 2.74. The maximum atomic E-state index is 12.0. The van der Waals surface area contributed by atoms with Gasteiger partial charge in [0, 0.05) is 25.1 Å². The number of nitrogens with one attached hydrogen (secondary N) is 2. The molecular weight excluding hydrogens is 336 g/mol. The van der Waals surface area contributed by atoms with Crippen molar-refractivity contribution in [1.29, 1.82) is 0 Å². The molecule has 136 valence electrons. The summed E-state index contributed by atoms with van der Waals surface area (Å²) in [7, 11) is 0. The molecule has 0 atom stereocenters. The number of rotatable bonds is 10. The molecule has 0 spiro atoms. The Morgan fingerprint density at radius 2 is 2.04 bits per heavy atom. The summed E-state index contributed by atoms with van der Waals surface area (Å²) in [5.74, 6) is 1.59. The highest BCUT2D eigenvalue weighted by atomic mass is 32.1. The maximum Gasteiger partial charge on any atom is 0.221 e. The van der Waals surface area contributed by atoms with Crippen molar-refractivity contribution in [2.24, 2.45) is 0 Å². The summed E-state index contributed by atoms with van der Waals surface area (Å²) >= 11 is 5.30. The first-order valence-corrected chi connectivity index (χ1v) is 9.21. The third kappa shape index (κ3) is 5.70. The van der Waals surface area contributed by atoms with Gasteiger partial charge in [-0.1, -0.05) is 19.8 Å². The van der Waals surface area contributed by atoms with Crippen LogP contribution in [0.25, 0.3) is 11.4 Å². The number of hydrogen-bond donors (Lipinski definition) is 2. The number of carbonyl (C=O) groups is 1. The number of benzene rings is 1. The molecule has 1 aromatic heterocycles. The van der Waals surface area contributed by atoms with Crippen LogP contribution in [0.4, 0.5) is 0 Å². The zero-order valence-electron chi connectivity index (χ0n) is 14.9. The highest BCUT2D eigenvalue weighted by molar-refractivity contribution is 7.71. The minimum absolute atomic E-state index is 0.0387. The van der Waals surface area contributed by atoms with Gasteiger partial charge in [-0.3, -0.25) is 14.5 Å². The van der Waals surface area contributed by atoms with E-state index in [9.17, 15) is 4.79 Å². The van der Waals surface area contributed by atoms with E-state index >= 15 is 0 Å². The number of aromatic nitrogens is 3. The predicted molar refractivity (Wildman–Crippen MR) is 101 cm³/mol. The van der Waals surface area contributed by atoms with Crippen LogP contribution in [0, 0.1) is 4.77 Å². The van der Waals surface area contributed by atoms with Gasteiger partial charge in [-0.15, -0.1) is 0 Å². The average molecular weight is 362 g/mol. The van der Waals surface area contributed by atoms with Crippen molar-refractivity contribution in [1.82, 2.24) is 20.1 Å². The molecule has 25 heavy (non-hydrogen) atoms. The van der Waals surface area contributed by atoms with Crippen molar-refractivity contribution in [2.75, 3.05) is 13.2 Å². The molecule has 0 aliphatic rings. The first kappa shape index (κ1) is 19.2. The third-order valence-electron chi connectivity index (χ3n) is 3.85. The fourth-order valence-electron chi connectivity index (χ4n) is 2.52. The summed E-state index contributed by atoms with van der Waals surface area (Å²) in [6, 6.07) is 7.69. The molecule has 0 saturated carbocycles. The maximum absolute atomic E-state index is 12.0. The summed E-state index contributed by atoms with van der Waals surface area (Å²) in [5.41, 5.74) is 0.930. The first-order chi connectivity index (χ1) is 12.2. The van der Waals surface area contributed by atoms with Crippen molar-refractivity contribution < 1.29 is 9.53 Å². The van der Waals surface area contributed by atoms with E-state index < -0.39 is 0 Å². The van der Waals surface area contributed by atoms with Crippen LogP contribution in [0.1, 0.15) is 39.5 Å². The van der Waals surface area contributed by atoms with Crippen LogP contribution in [0.5, 0.6) is 5.75 Å². The molecule has 0 bridgehead atoms. The summed E-state index contributed by atoms with van der Waals surface area (Å²) in [5, 5.41) is 10.1. The molecule has 1 amide bonds. The molecule has 1 aromatic carbocycles. The van der Waals surface area contributed by atoms with Crippen LogP contribution in [0.3, 0.4) is 0 Å². The quantitative estimate of drug-likeness (QED) is 0.499. The molecule has 2 N–H and O–H groups in total. The number of carbonyl (C=O) groups excluding carboxylic acids is 1. The van der Waals surface area contributed by atoms with Crippen LogP contribution in [-0.4, -0.2) is 33.8 Å². The highest BCUT2D eigenvalue weighted by Crippen LogP contribution is 2.21. The Morgan fingerprint density at radius 1 is 1.28 bits per heavy atom. The molecule has 2 rings (SSSR count). The van der Waals surface area contributed by atoms with Gasteiger partial charge in [-0.2, -0.15) is 5.10 Å². The number of aromatic amines is 1. The lowest BCUT2D eigenvalue weighted by molar-refractivity contribution is -0.121. The van der Waals surface area contributed by atoms with Gasteiger partial charge in [-0.05, 0) is 49.8 Å². The lowest BCUT2D eigenvalue weighted by Gasteiger charge is -2.09. The minimum Gasteiger partial charge on any atom is -0.494 e. The zero-order valence-corrected chi connectivity index (χ0v) is 15.7. The van der Waals surface area contributed by atoms with E-state index in [1.807, 2.05) is 35.8 Å². The molecule has 2 aromatic rings. The molecule has 0 fully saturated rings. The lowest BCUT2D eigenvalue weighted by atomic mass is 10.2. The Hall–Kier alpha value is -2.15. The minimum atomic E-state index is 0.0387.